The fourth-order valence-corrected chi connectivity index (χ4v) is 2.71. The molecule has 0 aromatic heterocycles. The SMILES string of the molecule is CCC1[CH]c2cccc(-c3ccccc3)c2C1.[Zr]. The van der Waals surface area contributed by atoms with E-state index in [9.17, 15) is 0 Å². The molecule has 1 heteroatoms. The smallest absolute Gasteiger partial charge is 0 e. The minimum atomic E-state index is 0. The van der Waals surface area contributed by atoms with Gasteiger partial charge in [-0.1, -0.05) is 61.9 Å². The molecule has 0 fully saturated rings. The first-order valence-corrected chi connectivity index (χ1v) is 6.40. The molecule has 1 aliphatic carbocycles. The molecule has 0 spiro atoms. The number of rotatable bonds is 2. The Morgan fingerprint density at radius 1 is 1.00 bits per heavy atom. The molecule has 2 aromatic carbocycles. The third kappa shape index (κ3) is 2.52. The molecule has 0 heterocycles. The van der Waals surface area contributed by atoms with Gasteiger partial charge in [-0.15, -0.1) is 0 Å². The van der Waals surface area contributed by atoms with Crippen LogP contribution in [0.3, 0.4) is 0 Å². The molecule has 0 N–H and O–H groups in total. The van der Waals surface area contributed by atoms with Crippen molar-refractivity contribution < 1.29 is 26.2 Å². The first-order valence-electron chi connectivity index (χ1n) is 6.40. The molecule has 1 radical (unpaired) electrons. The van der Waals surface area contributed by atoms with Crippen LogP contribution in [0.4, 0.5) is 0 Å². The van der Waals surface area contributed by atoms with Gasteiger partial charge in [0.1, 0.15) is 0 Å². The van der Waals surface area contributed by atoms with Gasteiger partial charge in [0, 0.05) is 26.2 Å². The van der Waals surface area contributed by atoms with Crippen LogP contribution < -0.4 is 0 Å². The molecular weight excluding hydrogens is 295 g/mol. The van der Waals surface area contributed by atoms with Gasteiger partial charge in [-0.05, 0) is 41.0 Å². The van der Waals surface area contributed by atoms with Crippen LogP contribution in [0.1, 0.15) is 24.5 Å². The van der Waals surface area contributed by atoms with Crippen molar-refractivity contribution in [3.63, 3.8) is 0 Å². The van der Waals surface area contributed by atoms with Crippen LogP contribution in [0.5, 0.6) is 0 Å². The Labute approximate surface area is 129 Å². The molecule has 1 aliphatic rings. The molecule has 0 bridgehead atoms. The fourth-order valence-electron chi connectivity index (χ4n) is 2.71. The van der Waals surface area contributed by atoms with E-state index in [-0.39, 0.29) is 26.2 Å². The summed E-state index contributed by atoms with van der Waals surface area (Å²) in [7, 11) is 0. The van der Waals surface area contributed by atoms with Crippen molar-refractivity contribution in [1.29, 1.82) is 0 Å². The number of fused-ring (bicyclic) bond motifs is 1. The van der Waals surface area contributed by atoms with Crippen LogP contribution in [0, 0.1) is 12.3 Å². The molecule has 0 saturated carbocycles. The predicted molar refractivity (Wildman–Crippen MR) is 72.8 cm³/mol. The van der Waals surface area contributed by atoms with Gasteiger partial charge in [-0.3, -0.25) is 0 Å². The van der Waals surface area contributed by atoms with Crippen LogP contribution in [-0.2, 0) is 32.6 Å². The summed E-state index contributed by atoms with van der Waals surface area (Å²) in [6, 6.07) is 17.4. The summed E-state index contributed by atoms with van der Waals surface area (Å²) in [6.45, 7) is 2.27. The fraction of sp³-hybridized carbons (Fsp3) is 0.235. The Bertz CT molecular complexity index is 516. The van der Waals surface area contributed by atoms with E-state index in [4.69, 9.17) is 0 Å². The maximum absolute atomic E-state index is 2.43. The van der Waals surface area contributed by atoms with Crippen molar-refractivity contribution in [1.82, 2.24) is 0 Å². The second kappa shape index (κ2) is 5.98. The van der Waals surface area contributed by atoms with Crippen LogP contribution in [0.15, 0.2) is 48.5 Å². The average molecular weight is 313 g/mol. The molecular formula is C17H17Zr. The van der Waals surface area contributed by atoms with Gasteiger partial charge in [-0.2, -0.15) is 0 Å². The zero-order valence-electron chi connectivity index (χ0n) is 10.7. The summed E-state index contributed by atoms with van der Waals surface area (Å²) >= 11 is 0. The van der Waals surface area contributed by atoms with E-state index >= 15 is 0 Å². The minimum absolute atomic E-state index is 0. The van der Waals surface area contributed by atoms with Gasteiger partial charge in [0.15, 0.2) is 0 Å². The zero-order valence-corrected chi connectivity index (χ0v) is 13.1. The van der Waals surface area contributed by atoms with Gasteiger partial charge < -0.3 is 0 Å². The monoisotopic (exact) mass is 311 g/mol. The van der Waals surface area contributed by atoms with Gasteiger partial charge in [0.2, 0.25) is 0 Å². The molecule has 0 saturated heterocycles. The van der Waals surface area contributed by atoms with Crippen molar-refractivity contribution in [2.45, 2.75) is 19.8 Å². The molecule has 0 amide bonds. The first-order chi connectivity index (χ1) is 8.38. The van der Waals surface area contributed by atoms with E-state index in [1.807, 2.05) is 0 Å². The molecule has 0 aliphatic heterocycles. The number of hydrogen-bond acceptors (Lipinski definition) is 0. The first kappa shape index (κ1) is 13.7. The normalized spacial score (nSPS) is 17.1. The van der Waals surface area contributed by atoms with Crippen molar-refractivity contribution >= 4 is 0 Å². The van der Waals surface area contributed by atoms with Crippen LogP contribution in [-0.4, -0.2) is 0 Å². The average Bonchev–Trinajstić information content (AvgIpc) is 2.82. The topological polar surface area (TPSA) is 0 Å². The van der Waals surface area contributed by atoms with Crippen molar-refractivity contribution in [2.75, 3.05) is 0 Å². The molecule has 89 valence electrons. The van der Waals surface area contributed by atoms with Gasteiger partial charge >= 0.3 is 0 Å². The summed E-state index contributed by atoms with van der Waals surface area (Å²) in [6.07, 6.45) is 4.88. The molecule has 18 heavy (non-hydrogen) atoms. The van der Waals surface area contributed by atoms with Gasteiger partial charge in [0.05, 0.1) is 0 Å². The second-order valence-electron chi connectivity index (χ2n) is 4.78. The zero-order chi connectivity index (χ0) is 11.7. The maximum Gasteiger partial charge on any atom is 0 e. The Kier molecular flexibility index (Phi) is 4.56. The maximum atomic E-state index is 2.43. The predicted octanol–water partition coefficient (Wildman–Crippen LogP) is 4.49. The van der Waals surface area contributed by atoms with Crippen LogP contribution in [0.25, 0.3) is 11.1 Å². The third-order valence-corrected chi connectivity index (χ3v) is 3.70. The van der Waals surface area contributed by atoms with Crippen LogP contribution >= 0.6 is 0 Å². The Balaban J connectivity index is 0.00000120. The van der Waals surface area contributed by atoms with E-state index in [1.54, 1.807) is 0 Å². The second-order valence-corrected chi connectivity index (χ2v) is 4.78. The molecule has 0 nitrogen and oxygen atoms in total. The summed E-state index contributed by atoms with van der Waals surface area (Å²) in [4.78, 5) is 0. The molecule has 1 unspecified atom stereocenters. The van der Waals surface area contributed by atoms with E-state index in [2.05, 4.69) is 61.9 Å². The van der Waals surface area contributed by atoms with Gasteiger partial charge in [0.25, 0.3) is 0 Å². The van der Waals surface area contributed by atoms with E-state index < -0.39 is 0 Å². The molecule has 1 atom stereocenters. The van der Waals surface area contributed by atoms with E-state index in [0.717, 1.165) is 5.92 Å². The van der Waals surface area contributed by atoms with Gasteiger partial charge in [-0.25, -0.2) is 0 Å². The van der Waals surface area contributed by atoms with Crippen molar-refractivity contribution in [2.24, 2.45) is 5.92 Å². The van der Waals surface area contributed by atoms with E-state index in [0.29, 0.717) is 0 Å². The summed E-state index contributed by atoms with van der Waals surface area (Å²) in [5.74, 6) is 0.731. The Morgan fingerprint density at radius 2 is 1.78 bits per heavy atom. The largest absolute Gasteiger partial charge is 0.0651 e. The van der Waals surface area contributed by atoms with E-state index in [1.165, 1.54) is 35.1 Å². The summed E-state index contributed by atoms with van der Waals surface area (Å²) in [5, 5.41) is 0. The Morgan fingerprint density at radius 3 is 2.50 bits per heavy atom. The summed E-state index contributed by atoms with van der Waals surface area (Å²) < 4.78 is 0. The Hall–Kier alpha value is -0.677. The van der Waals surface area contributed by atoms with Crippen molar-refractivity contribution in [3.05, 3.63) is 66.1 Å². The molecule has 3 rings (SSSR count). The van der Waals surface area contributed by atoms with Crippen LogP contribution in [0.2, 0.25) is 0 Å². The quantitative estimate of drug-likeness (QED) is 0.766. The van der Waals surface area contributed by atoms with Crippen molar-refractivity contribution in [3.8, 4) is 11.1 Å². The number of hydrogen-bond donors (Lipinski definition) is 0. The minimum Gasteiger partial charge on any atom is -0.0651 e. The third-order valence-electron chi connectivity index (χ3n) is 3.70. The summed E-state index contributed by atoms with van der Waals surface area (Å²) in [5.41, 5.74) is 5.73. The number of benzene rings is 2. The molecule has 2 aromatic rings. The standard InChI is InChI=1S/C17H17.Zr/c1-2-13-11-15-9-6-10-16(17(15)12-13)14-7-4-3-5-8-14;/h3-11,13H,2,12H2,1H3;.